The molecule has 2 atom stereocenters. The molecule has 0 unspecified atom stereocenters. The number of carbonyl (C=O) groups is 1. The van der Waals surface area contributed by atoms with Crippen molar-refractivity contribution in [2.45, 2.75) is 12.2 Å². The highest BCUT2D eigenvalue weighted by Crippen LogP contribution is 2.39. The molecule has 0 bridgehead atoms. The van der Waals surface area contributed by atoms with Crippen molar-refractivity contribution in [3.63, 3.8) is 0 Å². The number of amides is 1. The van der Waals surface area contributed by atoms with Crippen molar-refractivity contribution in [1.29, 1.82) is 0 Å². The lowest BCUT2D eigenvalue weighted by Crippen LogP contribution is -2.52. The molecule has 0 aliphatic carbocycles. The van der Waals surface area contributed by atoms with E-state index >= 15 is 0 Å². The van der Waals surface area contributed by atoms with Crippen LogP contribution in [0.25, 0.3) is 0 Å². The summed E-state index contributed by atoms with van der Waals surface area (Å²) in [7, 11) is 0. The second-order valence-corrected chi connectivity index (χ2v) is 6.57. The molecule has 0 radical (unpaired) electrons. The molecule has 0 saturated carbocycles. The molecular weight excluding hydrogens is 394 g/mol. The molecule has 1 aliphatic heterocycles. The van der Waals surface area contributed by atoms with Gasteiger partial charge < -0.3 is 16.0 Å². The molecule has 1 saturated heterocycles. The topological polar surface area (TPSA) is 53.2 Å². The standard InChI is InChI=1S/C19H15F4N3OS/c1-10-15(17(27)25-12-8-6-11(20)7-9-12)16(26-18(28)24-10)13-4-2-3-5-14(13)19(21,22)23/h2-9,15-16H,1H2,(H,25,27)(H2,24,26,28)/t15-,16+/m1/s1. The zero-order chi connectivity index (χ0) is 20.5. The van der Waals surface area contributed by atoms with Crippen LogP contribution in [0.1, 0.15) is 17.2 Å². The van der Waals surface area contributed by atoms with Crippen LogP contribution in [0.4, 0.5) is 23.2 Å². The third-order valence-corrected chi connectivity index (χ3v) is 4.48. The van der Waals surface area contributed by atoms with Gasteiger partial charge >= 0.3 is 6.18 Å². The molecule has 28 heavy (non-hydrogen) atoms. The zero-order valence-electron chi connectivity index (χ0n) is 14.3. The minimum Gasteiger partial charge on any atom is -0.354 e. The van der Waals surface area contributed by atoms with Crippen LogP contribution in [-0.2, 0) is 11.0 Å². The first-order chi connectivity index (χ1) is 13.2. The van der Waals surface area contributed by atoms with Crippen LogP contribution in [0.5, 0.6) is 0 Å². The van der Waals surface area contributed by atoms with Gasteiger partial charge in [-0.3, -0.25) is 4.79 Å². The van der Waals surface area contributed by atoms with Gasteiger partial charge in [-0.2, -0.15) is 13.2 Å². The highest BCUT2D eigenvalue weighted by Gasteiger charge is 2.42. The Morgan fingerprint density at radius 2 is 1.75 bits per heavy atom. The van der Waals surface area contributed by atoms with Gasteiger partial charge in [-0.05, 0) is 48.1 Å². The number of thiocarbonyl (C=S) groups is 1. The molecule has 1 heterocycles. The Kier molecular flexibility index (Phi) is 5.37. The number of nitrogens with one attached hydrogen (secondary N) is 3. The normalized spacial score (nSPS) is 19.6. The van der Waals surface area contributed by atoms with Gasteiger partial charge in [0, 0.05) is 11.4 Å². The Labute approximate surface area is 163 Å². The van der Waals surface area contributed by atoms with Crippen LogP contribution >= 0.6 is 12.2 Å². The highest BCUT2D eigenvalue weighted by molar-refractivity contribution is 7.80. The molecule has 0 aromatic heterocycles. The van der Waals surface area contributed by atoms with E-state index in [9.17, 15) is 22.4 Å². The number of anilines is 1. The second-order valence-electron chi connectivity index (χ2n) is 6.16. The Bertz CT molecular complexity index is 928. The van der Waals surface area contributed by atoms with E-state index in [0.29, 0.717) is 5.69 Å². The minimum absolute atomic E-state index is 0.0674. The zero-order valence-corrected chi connectivity index (χ0v) is 15.1. The van der Waals surface area contributed by atoms with E-state index < -0.39 is 35.4 Å². The van der Waals surface area contributed by atoms with Gasteiger partial charge in [0.2, 0.25) is 5.91 Å². The molecular formula is C19H15F4N3OS. The maximum atomic E-state index is 13.5. The average Bonchev–Trinajstić information content (AvgIpc) is 2.62. The first-order valence-electron chi connectivity index (χ1n) is 8.15. The predicted molar refractivity (Wildman–Crippen MR) is 101 cm³/mol. The number of benzene rings is 2. The van der Waals surface area contributed by atoms with Crippen LogP contribution in [0.2, 0.25) is 0 Å². The summed E-state index contributed by atoms with van der Waals surface area (Å²) in [6.07, 6.45) is -4.61. The summed E-state index contributed by atoms with van der Waals surface area (Å²) in [6, 6.07) is 8.90. The van der Waals surface area contributed by atoms with E-state index in [1.165, 1.54) is 30.3 Å². The Balaban J connectivity index is 1.98. The highest BCUT2D eigenvalue weighted by atomic mass is 32.1. The predicted octanol–water partition coefficient (Wildman–Crippen LogP) is 4.13. The van der Waals surface area contributed by atoms with Crippen LogP contribution < -0.4 is 16.0 Å². The fourth-order valence-electron chi connectivity index (χ4n) is 3.03. The molecule has 1 amide bonds. The molecule has 2 aromatic rings. The van der Waals surface area contributed by atoms with Gasteiger partial charge in [0.1, 0.15) is 11.7 Å². The molecule has 4 nitrogen and oxygen atoms in total. The largest absolute Gasteiger partial charge is 0.416 e. The van der Waals surface area contributed by atoms with Crippen molar-refractivity contribution in [3.8, 4) is 0 Å². The Morgan fingerprint density at radius 1 is 1.11 bits per heavy atom. The second kappa shape index (κ2) is 7.59. The molecule has 146 valence electrons. The fourth-order valence-corrected chi connectivity index (χ4v) is 3.29. The molecule has 3 rings (SSSR count). The van der Waals surface area contributed by atoms with Crippen LogP contribution in [-0.4, -0.2) is 11.0 Å². The van der Waals surface area contributed by atoms with Crippen molar-refractivity contribution < 1.29 is 22.4 Å². The third kappa shape index (κ3) is 4.14. The summed E-state index contributed by atoms with van der Waals surface area (Å²) in [5, 5.41) is 8.07. The number of rotatable bonds is 3. The summed E-state index contributed by atoms with van der Waals surface area (Å²) < 4.78 is 53.5. The van der Waals surface area contributed by atoms with Gasteiger partial charge in [-0.15, -0.1) is 0 Å². The Hall–Kier alpha value is -2.94. The van der Waals surface area contributed by atoms with Crippen molar-refractivity contribution in [2.75, 3.05) is 5.32 Å². The number of carbonyl (C=O) groups excluding carboxylic acids is 1. The Morgan fingerprint density at radius 3 is 2.39 bits per heavy atom. The number of hydrogen-bond donors (Lipinski definition) is 3. The van der Waals surface area contributed by atoms with E-state index in [1.807, 2.05) is 0 Å². The summed E-state index contributed by atoms with van der Waals surface area (Å²) in [6.45, 7) is 3.75. The smallest absolute Gasteiger partial charge is 0.354 e. The maximum absolute atomic E-state index is 13.5. The van der Waals surface area contributed by atoms with Gasteiger partial charge in [0.05, 0.1) is 11.6 Å². The van der Waals surface area contributed by atoms with E-state index in [-0.39, 0.29) is 16.4 Å². The average molecular weight is 409 g/mol. The first kappa shape index (κ1) is 19.8. The van der Waals surface area contributed by atoms with Crippen molar-refractivity contribution in [3.05, 3.63) is 77.8 Å². The molecule has 9 heteroatoms. The minimum atomic E-state index is -4.61. The molecule has 1 fully saturated rings. The summed E-state index contributed by atoms with van der Waals surface area (Å²) in [4.78, 5) is 12.8. The fraction of sp³-hybridized carbons (Fsp3) is 0.158. The quantitative estimate of drug-likeness (QED) is 0.527. The lowest BCUT2D eigenvalue weighted by Gasteiger charge is -2.36. The number of alkyl halides is 3. The van der Waals surface area contributed by atoms with E-state index in [0.717, 1.165) is 18.2 Å². The number of halogens is 4. The molecule has 3 N–H and O–H groups in total. The van der Waals surface area contributed by atoms with Gasteiger partial charge in [-0.1, -0.05) is 24.8 Å². The molecule has 2 aromatic carbocycles. The van der Waals surface area contributed by atoms with Crippen molar-refractivity contribution in [2.24, 2.45) is 5.92 Å². The summed E-state index contributed by atoms with van der Waals surface area (Å²) in [5.74, 6) is -2.19. The van der Waals surface area contributed by atoms with E-state index in [1.54, 1.807) is 0 Å². The lowest BCUT2D eigenvalue weighted by atomic mass is 9.85. The monoisotopic (exact) mass is 409 g/mol. The van der Waals surface area contributed by atoms with Gasteiger partial charge in [-0.25, -0.2) is 4.39 Å². The lowest BCUT2D eigenvalue weighted by molar-refractivity contribution is -0.139. The van der Waals surface area contributed by atoms with E-state index in [4.69, 9.17) is 12.2 Å². The summed E-state index contributed by atoms with van der Waals surface area (Å²) >= 11 is 5.04. The van der Waals surface area contributed by atoms with Crippen LogP contribution in [0.3, 0.4) is 0 Å². The third-order valence-electron chi connectivity index (χ3n) is 4.26. The summed E-state index contributed by atoms with van der Waals surface area (Å²) in [5.41, 5.74) is -0.538. The first-order valence-corrected chi connectivity index (χ1v) is 8.56. The molecule has 0 spiro atoms. The van der Waals surface area contributed by atoms with Crippen LogP contribution in [0, 0.1) is 11.7 Å². The maximum Gasteiger partial charge on any atom is 0.416 e. The van der Waals surface area contributed by atoms with Gasteiger partial charge in [0.15, 0.2) is 5.11 Å². The number of hydrogen-bond acceptors (Lipinski definition) is 2. The van der Waals surface area contributed by atoms with E-state index in [2.05, 4.69) is 22.5 Å². The van der Waals surface area contributed by atoms with Crippen LogP contribution in [0.15, 0.2) is 60.8 Å². The molecule has 1 aliphatic rings. The van der Waals surface area contributed by atoms with Crippen molar-refractivity contribution in [1.82, 2.24) is 10.6 Å². The van der Waals surface area contributed by atoms with Crippen molar-refractivity contribution >= 4 is 28.9 Å². The SMILES string of the molecule is C=C1NC(=S)N[C@@H](c2ccccc2C(F)(F)F)[C@@H]1C(=O)Nc1ccc(F)cc1. The van der Waals surface area contributed by atoms with Gasteiger partial charge in [0.25, 0.3) is 0 Å².